The lowest BCUT2D eigenvalue weighted by Crippen LogP contribution is -2.26. The molecule has 0 bridgehead atoms. The van der Waals surface area contributed by atoms with Crippen LogP contribution >= 0.6 is 11.6 Å². The summed E-state index contributed by atoms with van der Waals surface area (Å²) < 4.78 is 5.32. The Hall–Kier alpha value is -1.84. The molecule has 0 unspecified atom stereocenters. The van der Waals surface area contributed by atoms with E-state index in [1.165, 1.54) is 0 Å². The Labute approximate surface area is 130 Å². The number of methoxy groups -OCH3 is 1. The van der Waals surface area contributed by atoms with Crippen LogP contribution in [-0.4, -0.2) is 31.4 Å². The molecule has 3 nitrogen and oxygen atoms in total. The van der Waals surface area contributed by atoms with Crippen LogP contribution in [-0.2, 0) is 6.54 Å². The number of ketones is 1. The Kier molecular flexibility index (Phi) is 5.37. The van der Waals surface area contributed by atoms with E-state index in [9.17, 15) is 4.79 Å². The Balaban J connectivity index is 2.03. The number of benzene rings is 2. The summed E-state index contributed by atoms with van der Waals surface area (Å²) in [4.78, 5) is 14.2. The molecule has 0 spiro atoms. The third-order valence-electron chi connectivity index (χ3n) is 3.22. The molecule has 0 aliphatic heterocycles. The summed E-state index contributed by atoms with van der Waals surface area (Å²) in [7, 11) is 3.55. The molecular weight excluding hydrogens is 286 g/mol. The topological polar surface area (TPSA) is 29.5 Å². The number of hydrogen-bond acceptors (Lipinski definition) is 3. The van der Waals surface area contributed by atoms with Crippen LogP contribution in [0.15, 0.2) is 48.5 Å². The van der Waals surface area contributed by atoms with Crippen molar-refractivity contribution in [2.45, 2.75) is 6.54 Å². The SMILES string of the molecule is COc1ccccc1CN(C)CC(=O)c1ccccc1Cl. The Bertz CT molecular complexity index is 628. The minimum Gasteiger partial charge on any atom is -0.496 e. The molecule has 0 saturated heterocycles. The molecular formula is C17H18ClNO2. The van der Waals surface area contributed by atoms with E-state index in [1.54, 1.807) is 19.2 Å². The number of likely N-dealkylation sites (N-methyl/N-ethyl adjacent to an activating group) is 1. The predicted octanol–water partition coefficient (Wildman–Crippen LogP) is 3.66. The smallest absolute Gasteiger partial charge is 0.178 e. The number of rotatable bonds is 6. The lowest BCUT2D eigenvalue weighted by Gasteiger charge is -2.18. The first-order valence-corrected chi connectivity index (χ1v) is 7.07. The number of nitrogens with zero attached hydrogens (tertiary/aromatic N) is 1. The average Bonchev–Trinajstić information content (AvgIpc) is 2.48. The van der Waals surface area contributed by atoms with Gasteiger partial charge < -0.3 is 4.74 Å². The Morgan fingerprint density at radius 3 is 2.52 bits per heavy atom. The van der Waals surface area contributed by atoms with Crippen LogP contribution < -0.4 is 4.74 Å². The molecule has 21 heavy (non-hydrogen) atoms. The van der Waals surface area contributed by atoms with Crippen molar-refractivity contribution in [1.29, 1.82) is 0 Å². The molecule has 2 aromatic carbocycles. The first-order chi connectivity index (χ1) is 10.1. The van der Waals surface area contributed by atoms with Gasteiger partial charge in [-0.2, -0.15) is 0 Å². The summed E-state index contributed by atoms with van der Waals surface area (Å²) in [6, 6.07) is 14.9. The van der Waals surface area contributed by atoms with Gasteiger partial charge in [0.2, 0.25) is 0 Å². The van der Waals surface area contributed by atoms with Gasteiger partial charge in [0.15, 0.2) is 5.78 Å². The van der Waals surface area contributed by atoms with Gasteiger partial charge in [-0.3, -0.25) is 9.69 Å². The van der Waals surface area contributed by atoms with Crippen molar-refractivity contribution in [1.82, 2.24) is 4.90 Å². The highest BCUT2D eigenvalue weighted by atomic mass is 35.5. The second-order valence-electron chi connectivity index (χ2n) is 4.89. The van der Waals surface area contributed by atoms with Crippen LogP contribution in [0.4, 0.5) is 0 Å². The molecule has 0 atom stereocenters. The predicted molar refractivity (Wildman–Crippen MR) is 85.1 cm³/mol. The normalized spacial score (nSPS) is 10.7. The summed E-state index contributed by atoms with van der Waals surface area (Å²) in [6.45, 7) is 0.946. The van der Waals surface area contributed by atoms with E-state index >= 15 is 0 Å². The van der Waals surface area contributed by atoms with Crippen molar-refractivity contribution in [2.24, 2.45) is 0 Å². The van der Waals surface area contributed by atoms with Gasteiger partial charge in [-0.15, -0.1) is 0 Å². The molecule has 0 aliphatic rings. The Morgan fingerprint density at radius 1 is 1.14 bits per heavy atom. The first kappa shape index (κ1) is 15.5. The molecule has 0 aliphatic carbocycles. The zero-order valence-corrected chi connectivity index (χ0v) is 12.9. The molecule has 0 amide bonds. The summed E-state index contributed by atoms with van der Waals surface area (Å²) in [5.41, 5.74) is 1.61. The number of Topliss-reactive ketones (excluding diaryl/α,β-unsaturated/α-hetero) is 1. The fourth-order valence-corrected chi connectivity index (χ4v) is 2.44. The number of ether oxygens (including phenoxy) is 1. The highest BCUT2D eigenvalue weighted by Crippen LogP contribution is 2.20. The standard InChI is InChI=1S/C17H18ClNO2/c1-19(11-13-7-3-6-10-17(13)21-2)12-16(20)14-8-4-5-9-15(14)18/h3-10H,11-12H2,1-2H3. The largest absolute Gasteiger partial charge is 0.496 e. The molecule has 2 aromatic rings. The summed E-state index contributed by atoms with van der Waals surface area (Å²) in [6.07, 6.45) is 0. The summed E-state index contributed by atoms with van der Waals surface area (Å²) in [5, 5.41) is 0.494. The van der Waals surface area contributed by atoms with Crippen LogP contribution in [0.2, 0.25) is 5.02 Å². The zero-order chi connectivity index (χ0) is 15.2. The first-order valence-electron chi connectivity index (χ1n) is 6.70. The minimum atomic E-state index is 0.0120. The van der Waals surface area contributed by atoms with Crippen molar-refractivity contribution < 1.29 is 9.53 Å². The van der Waals surface area contributed by atoms with Crippen molar-refractivity contribution >= 4 is 17.4 Å². The van der Waals surface area contributed by atoms with E-state index in [2.05, 4.69) is 0 Å². The summed E-state index contributed by atoms with van der Waals surface area (Å²) >= 11 is 6.05. The molecule has 0 aromatic heterocycles. The minimum absolute atomic E-state index is 0.0120. The maximum atomic E-state index is 12.3. The molecule has 0 fully saturated rings. The Morgan fingerprint density at radius 2 is 1.81 bits per heavy atom. The van der Waals surface area contributed by atoms with Gasteiger partial charge in [-0.25, -0.2) is 0 Å². The van der Waals surface area contributed by atoms with Crippen LogP contribution in [0.1, 0.15) is 15.9 Å². The van der Waals surface area contributed by atoms with Crippen LogP contribution in [0.25, 0.3) is 0 Å². The molecule has 0 heterocycles. The second-order valence-corrected chi connectivity index (χ2v) is 5.29. The van der Waals surface area contributed by atoms with Crippen LogP contribution in [0, 0.1) is 0 Å². The molecule has 0 radical (unpaired) electrons. The number of hydrogen-bond donors (Lipinski definition) is 0. The van der Waals surface area contributed by atoms with Crippen LogP contribution in [0.5, 0.6) is 5.75 Å². The quantitative estimate of drug-likeness (QED) is 0.763. The fourth-order valence-electron chi connectivity index (χ4n) is 2.20. The number of carbonyl (C=O) groups is 1. The number of halogens is 1. The summed E-state index contributed by atoms with van der Waals surface area (Å²) in [5.74, 6) is 0.840. The van der Waals surface area contributed by atoms with E-state index in [0.717, 1.165) is 11.3 Å². The van der Waals surface area contributed by atoms with Crippen molar-refractivity contribution in [2.75, 3.05) is 20.7 Å². The molecule has 4 heteroatoms. The zero-order valence-electron chi connectivity index (χ0n) is 12.2. The number of carbonyl (C=O) groups excluding carboxylic acids is 1. The number of para-hydroxylation sites is 1. The highest BCUT2D eigenvalue weighted by Gasteiger charge is 2.13. The monoisotopic (exact) mass is 303 g/mol. The van der Waals surface area contributed by atoms with E-state index in [0.29, 0.717) is 23.7 Å². The molecule has 2 rings (SSSR count). The molecule has 110 valence electrons. The lowest BCUT2D eigenvalue weighted by molar-refractivity contribution is 0.0942. The van der Waals surface area contributed by atoms with Gasteiger partial charge in [0.25, 0.3) is 0 Å². The fraction of sp³-hybridized carbons (Fsp3) is 0.235. The van der Waals surface area contributed by atoms with Gasteiger partial charge in [0.1, 0.15) is 5.75 Å². The van der Waals surface area contributed by atoms with Crippen molar-refractivity contribution in [3.8, 4) is 5.75 Å². The van der Waals surface area contributed by atoms with Crippen molar-refractivity contribution in [3.63, 3.8) is 0 Å². The maximum Gasteiger partial charge on any atom is 0.178 e. The average molecular weight is 304 g/mol. The van der Waals surface area contributed by atoms with Crippen LogP contribution in [0.3, 0.4) is 0 Å². The molecule has 0 saturated carbocycles. The third kappa shape index (κ3) is 4.06. The van der Waals surface area contributed by atoms with E-state index in [4.69, 9.17) is 16.3 Å². The van der Waals surface area contributed by atoms with E-state index < -0.39 is 0 Å². The van der Waals surface area contributed by atoms with E-state index in [-0.39, 0.29) is 5.78 Å². The van der Waals surface area contributed by atoms with Gasteiger partial charge in [-0.05, 0) is 25.2 Å². The van der Waals surface area contributed by atoms with Gasteiger partial charge >= 0.3 is 0 Å². The van der Waals surface area contributed by atoms with Gasteiger partial charge in [0, 0.05) is 17.7 Å². The van der Waals surface area contributed by atoms with E-state index in [1.807, 2.05) is 48.3 Å². The molecule has 0 N–H and O–H groups in total. The van der Waals surface area contributed by atoms with Gasteiger partial charge in [0.05, 0.1) is 18.7 Å². The highest BCUT2D eigenvalue weighted by molar-refractivity contribution is 6.34. The maximum absolute atomic E-state index is 12.3. The lowest BCUT2D eigenvalue weighted by atomic mass is 10.1. The second kappa shape index (κ2) is 7.25. The van der Waals surface area contributed by atoms with Gasteiger partial charge in [-0.1, -0.05) is 41.9 Å². The third-order valence-corrected chi connectivity index (χ3v) is 3.55. The van der Waals surface area contributed by atoms with Crippen molar-refractivity contribution in [3.05, 3.63) is 64.7 Å².